The number of hydrogen-bond donors (Lipinski definition) is 0. The normalized spacial score (nSPS) is 12.3. The third-order valence-electron chi connectivity index (χ3n) is 10.1. The number of ether oxygens (including phenoxy) is 3. The maximum absolute atomic E-state index is 12.7. The number of carbonyl (C=O) groups is 3. The van der Waals surface area contributed by atoms with Gasteiger partial charge in [0.25, 0.3) is 0 Å². The van der Waals surface area contributed by atoms with Gasteiger partial charge in [-0.2, -0.15) is 0 Å². The predicted molar refractivity (Wildman–Crippen MR) is 233 cm³/mol. The van der Waals surface area contributed by atoms with Crippen LogP contribution < -0.4 is 0 Å². The van der Waals surface area contributed by atoms with E-state index in [2.05, 4.69) is 57.2 Å². The highest BCUT2D eigenvalue weighted by molar-refractivity contribution is 5.71. The Hall–Kier alpha value is -2.37. The third kappa shape index (κ3) is 42.6. The minimum absolute atomic E-state index is 0.0769. The smallest absolute Gasteiger partial charge is 0.306 e. The SMILES string of the molecule is CCCCC/C=C\C/C=C\CCCCCCCCCCCC(=O)OCC(COC(=O)CCCCCCC)OC(=O)CCCCCCC/C=C\CCCCCC. The number of carbonyl (C=O) groups excluding carboxylic acids is 3. The Balaban J connectivity index is 4.18. The largest absolute Gasteiger partial charge is 0.462 e. The van der Waals surface area contributed by atoms with Crippen LogP contribution in [0.5, 0.6) is 0 Å². The Bertz CT molecular complexity index is 938. The molecule has 1 atom stereocenters. The van der Waals surface area contributed by atoms with Crippen molar-refractivity contribution in [3.05, 3.63) is 36.5 Å². The minimum Gasteiger partial charge on any atom is -0.462 e. The molecule has 55 heavy (non-hydrogen) atoms. The predicted octanol–water partition coefficient (Wildman–Crippen LogP) is 15.0. The van der Waals surface area contributed by atoms with Gasteiger partial charge in [0.15, 0.2) is 6.10 Å². The van der Waals surface area contributed by atoms with E-state index in [-0.39, 0.29) is 31.1 Å². The van der Waals surface area contributed by atoms with Crippen molar-refractivity contribution >= 4 is 17.9 Å². The second-order valence-electron chi connectivity index (χ2n) is 15.7. The lowest BCUT2D eigenvalue weighted by atomic mass is 10.1. The summed E-state index contributed by atoms with van der Waals surface area (Å²) in [6.07, 6.45) is 50.1. The summed E-state index contributed by atoms with van der Waals surface area (Å²) in [5.74, 6) is -0.901. The zero-order chi connectivity index (χ0) is 40.1. The molecule has 0 aliphatic heterocycles. The van der Waals surface area contributed by atoms with Gasteiger partial charge < -0.3 is 14.2 Å². The van der Waals surface area contributed by atoms with Crippen LogP contribution >= 0.6 is 0 Å². The molecular weight excluding hydrogens is 685 g/mol. The van der Waals surface area contributed by atoms with Crippen LogP contribution in [-0.4, -0.2) is 37.2 Å². The van der Waals surface area contributed by atoms with Crippen LogP contribution in [0.3, 0.4) is 0 Å². The quantitative estimate of drug-likeness (QED) is 0.0266. The van der Waals surface area contributed by atoms with Crippen LogP contribution in [0.1, 0.15) is 239 Å². The van der Waals surface area contributed by atoms with Gasteiger partial charge in [0, 0.05) is 19.3 Å². The van der Waals surface area contributed by atoms with Crippen molar-refractivity contribution < 1.29 is 28.6 Å². The highest BCUT2D eigenvalue weighted by Gasteiger charge is 2.19. The van der Waals surface area contributed by atoms with Crippen LogP contribution in [0.2, 0.25) is 0 Å². The van der Waals surface area contributed by atoms with E-state index >= 15 is 0 Å². The van der Waals surface area contributed by atoms with E-state index in [4.69, 9.17) is 14.2 Å². The standard InChI is InChI=1S/C49H88O6/c1-4-7-10-13-15-17-19-21-22-23-24-25-26-28-29-31-33-36-39-42-48(51)54-45-46(44-53-47(50)41-38-35-12-9-6-3)55-49(52)43-40-37-34-32-30-27-20-18-16-14-11-8-5-2/h15,17-18,20-22,46H,4-14,16,19,23-45H2,1-3H3/b17-15-,20-18-,22-21-. The van der Waals surface area contributed by atoms with Gasteiger partial charge in [0.1, 0.15) is 13.2 Å². The summed E-state index contributed by atoms with van der Waals surface area (Å²) in [6.45, 7) is 6.50. The fraction of sp³-hybridized carbons (Fsp3) is 0.816. The maximum atomic E-state index is 12.7. The summed E-state index contributed by atoms with van der Waals surface area (Å²) in [5.41, 5.74) is 0. The molecule has 1 unspecified atom stereocenters. The number of unbranched alkanes of at least 4 members (excludes halogenated alkanes) is 25. The Morgan fingerprint density at radius 2 is 0.655 bits per heavy atom. The van der Waals surface area contributed by atoms with Gasteiger partial charge in [-0.15, -0.1) is 0 Å². The van der Waals surface area contributed by atoms with Gasteiger partial charge in [-0.25, -0.2) is 0 Å². The van der Waals surface area contributed by atoms with Gasteiger partial charge in [-0.05, 0) is 77.0 Å². The first-order chi connectivity index (χ1) is 27.0. The first-order valence-electron chi connectivity index (χ1n) is 23.5. The van der Waals surface area contributed by atoms with E-state index in [0.717, 1.165) is 77.0 Å². The number of hydrogen-bond acceptors (Lipinski definition) is 6. The van der Waals surface area contributed by atoms with Crippen LogP contribution in [0.15, 0.2) is 36.5 Å². The Morgan fingerprint density at radius 1 is 0.364 bits per heavy atom. The van der Waals surface area contributed by atoms with Crippen molar-refractivity contribution in [1.82, 2.24) is 0 Å². The summed E-state index contributed by atoms with van der Waals surface area (Å²) < 4.78 is 16.6. The Morgan fingerprint density at radius 3 is 1.07 bits per heavy atom. The van der Waals surface area contributed by atoms with Crippen molar-refractivity contribution in [1.29, 1.82) is 0 Å². The molecule has 0 spiro atoms. The highest BCUT2D eigenvalue weighted by Crippen LogP contribution is 2.14. The van der Waals surface area contributed by atoms with E-state index in [1.54, 1.807) is 0 Å². The zero-order valence-electron chi connectivity index (χ0n) is 36.4. The van der Waals surface area contributed by atoms with Crippen LogP contribution in [0.25, 0.3) is 0 Å². The van der Waals surface area contributed by atoms with Gasteiger partial charge in [0.2, 0.25) is 0 Å². The third-order valence-corrected chi connectivity index (χ3v) is 10.1. The molecule has 0 aliphatic rings. The van der Waals surface area contributed by atoms with E-state index < -0.39 is 6.10 Å². The van der Waals surface area contributed by atoms with Gasteiger partial charge in [-0.1, -0.05) is 179 Å². The van der Waals surface area contributed by atoms with Gasteiger partial charge in [0.05, 0.1) is 0 Å². The zero-order valence-corrected chi connectivity index (χ0v) is 36.4. The van der Waals surface area contributed by atoms with E-state index in [9.17, 15) is 14.4 Å². The molecule has 6 nitrogen and oxygen atoms in total. The van der Waals surface area contributed by atoms with Gasteiger partial charge >= 0.3 is 17.9 Å². The number of rotatable bonds is 42. The van der Waals surface area contributed by atoms with E-state index in [0.29, 0.717) is 19.3 Å². The molecule has 0 heterocycles. The van der Waals surface area contributed by atoms with Crippen molar-refractivity contribution in [3.8, 4) is 0 Å². The molecule has 0 radical (unpaired) electrons. The molecule has 320 valence electrons. The summed E-state index contributed by atoms with van der Waals surface area (Å²) in [7, 11) is 0. The molecule has 0 N–H and O–H groups in total. The van der Waals surface area contributed by atoms with E-state index in [1.165, 1.54) is 122 Å². The van der Waals surface area contributed by atoms with E-state index in [1.807, 2.05) is 0 Å². The number of allylic oxidation sites excluding steroid dienone is 6. The van der Waals surface area contributed by atoms with Crippen molar-refractivity contribution in [2.45, 2.75) is 245 Å². The minimum atomic E-state index is -0.771. The molecule has 0 saturated carbocycles. The summed E-state index contributed by atoms with van der Waals surface area (Å²) in [5, 5.41) is 0. The first-order valence-corrected chi connectivity index (χ1v) is 23.5. The monoisotopic (exact) mass is 773 g/mol. The van der Waals surface area contributed by atoms with Crippen LogP contribution in [-0.2, 0) is 28.6 Å². The Kier molecular flexibility index (Phi) is 42.4. The molecule has 0 saturated heterocycles. The lowest BCUT2D eigenvalue weighted by molar-refractivity contribution is -0.167. The molecule has 0 aromatic carbocycles. The lowest BCUT2D eigenvalue weighted by Gasteiger charge is -2.18. The van der Waals surface area contributed by atoms with Gasteiger partial charge in [-0.3, -0.25) is 14.4 Å². The average molecular weight is 773 g/mol. The molecular formula is C49H88O6. The second kappa shape index (κ2) is 44.3. The molecule has 0 aromatic heterocycles. The Labute approximate surface area is 340 Å². The molecule has 0 bridgehead atoms. The lowest BCUT2D eigenvalue weighted by Crippen LogP contribution is -2.30. The second-order valence-corrected chi connectivity index (χ2v) is 15.7. The molecule has 0 aliphatic carbocycles. The summed E-state index contributed by atoms with van der Waals surface area (Å²) in [6, 6.07) is 0. The molecule has 0 aromatic rings. The van der Waals surface area contributed by atoms with Crippen molar-refractivity contribution in [3.63, 3.8) is 0 Å². The molecule has 0 fully saturated rings. The van der Waals surface area contributed by atoms with Crippen LogP contribution in [0.4, 0.5) is 0 Å². The summed E-state index contributed by atoms with van der Waals surface area (Å²) in [4.78, 5) is 37.5. The highest BCUT2D eigenvalue weighted by atomic mass is 16.6. The first kappa shape index (κ1) is 52.6. The average Bonchev–Trinajstić information content (AvgIpc) is 3.18. The number of esters is 3. The molecule has 6 heteroatoms. The fourth-order valence-electron chi connectivity index (χ4n) is 6.52. The van der Waals surface area contributed by atoms with Crippen molar-refractivity contribution in [2.24, 2.45) is 0 Å². The maximum Gasteiger partial charge on any atom is 0.306 e. The summed E-state index contributed by atoms with van der Waals surface area (Å²) >= 11 is 0. The fourth-order valence-corrected chi connectivity index (χ4v) is 6.52. The molecule has 0 amide bonds. The van der Waals surface area contributed by atoms with Crippen molar-refractivity contribution in [2.75, 3.05) is 13.2 Å². The molecule has 0 rings (SSSR count). The van der Waals surface area contributed by atoms with Crippen LogP contribution in [0, 0.1) is 0 Å². The topological polar surface area (TPSA) is 78.9 Å².